The third kappa shape index (κ3) is 7.48. The lowest BCUT2D eigenvalue weighted by molar-refractivity contribution is -0.830. The van der Waals surface area contributed by atoms with Crippen molar-refractivity contribution in [1.29, 1.82) is 0 Å². The minimum absolute atomic E-state index is 0.00400. The summed E-state index contributed by atoms with van der Waals surface area (Å²) in [6, 6.07) is 10.4. The van der Waals surface area contributed by atoms with Crippen molar-refractivity contribution in [2.24, 2.45) is 0 Å². The van der Waals surface area contributed by atoms with Crippen LogP contribution in [0.1, 0.15) is 40.9 Å². The van der Waals surface area contributed by atoms with Crippen LogP contribution in [0.5, 0.6) is 11.5 Å². The molecule has 0 saturated heterocycles. The van der Waals surface area contributed by atoms with E-state index in [1.807, 2.05) is 13.8 Å². The SMILES string of the molecule is CC.CO[NH2+]c1ccc(C)c(C(=O)Nc2c(F)cc(C(F)(F)C(F)(F)C(F)(F)F)cc2OCc2ccc(OC)cc2)c1. The van der Waals surface area contributed by atoms with Gasteiger partial charge in [-0.25, -0.2) is 9.23 Å². The number of methoxy groups -OCH3 is 1. The molecule has 1 amide bonds. The van der Waals surface area contributed by atoms with Crippen LogP contribution in [0, 0.1) is 12.7 Å². The van der Waals surface area contributed by atoms with E-state index in [1.165, 1.54) is 50.0 Å². The summed E-state index contributed by atoms with van der Waals surface area (Å²) in [6.45, 7) is 5.08. The molecule has 0 fully saturated rings. The standard InChI is InChI=1S/C26H22F8N2O4.C2H6/c1-14-4-7-17(36-39-3)12-19(14)23(37)35-22-20(27)10-16(24(28,29)25(30,31)26(32,33)34)11-21(22)40-13-15-5-8-18(38-2)9-6-15;1-2/h4-12,36H,13H2,1-3H3,(H,35,37);1-2H3/p+1. The highest BCUT2D eigenvalue weighted by atomic mass is 19.4. The first-order chi connectivity index (χ1) is 19.6. The van der Waals surface area contributed by atoms with E-state index in [-0.39, 0.29) is 17.7 Å². The Morgan fingerprint density at radius 3 is 2.07 bits per heavy atom. The average molecular weight is 610 g/mol. The number of aryl methyl sites for hydroxylation is 1. The number of ether oxygens (including phenoxy) is 2. The van der Waals surface area contributed by atoms with Crippen LogP contribution < -0.4 is 20.3 Å². The van der Waals surface area contributed by atoms with E-state index in [2.05, 4.69) is 5.32 Å². The van der Waals surface area contributed by atoms with Crippen LogP contribution in [0.3, 0.4) is 0 Å². The number of halogens is 8. The van der Waals surface area contributed by atoms with Gasteiger partial charge >= 0.3 is 18.0 Å². The summed E-state index contributed by atoms with van der Waals surface area (Å²) in [5.41, 5.74) is -0.326. The fraction of sp³-hybridized carbons (Fsp3) is 0.321. The molecule has 0 unspecified atom stereocenters. The van der Waals surface area contributed by atoms with Gasteiger partial charge in [0.15, 0.2) is 11.5 Å². The zero-order chi connectivity index (χ0) is 31.9. The van der Waals surface area contributed by atoms with Gasteiger partial charge in [-0.1, -0.05) is 32.0 Å². The number of nitrogens with two attached hydrogens (primary N) is 1. The molecule has 0 radical (unpaired) electrons. The number of hydrogen-bond donors (Lipinski definition) is 2. The van der Waals surface area contributed by atoms with Crippen molar-refractivity contribution in [2.45, 2.75) is 45.4 Å². The molecule has 3 aromatic carbocycles. The highest BCUT2D eigenvalue weighted by Crippen LogP contribution is 2.53. The van der Waals surface area contributed by atoms with Crippen molar-refractivity contribution in [1.82, 2.24) is 0 Å². The van der Waals surface area contributed by atoms with Crippen molar-refractivity contribution in [3.63, 3.8) is 0 Å². The summed E-state index contributed by atoms with van der Waals surface area (Å²) in [5.74, 6) is -15.6. The van der Waals surface area contributed by atoms with Gasteiger partial charge < -0.3 is 14.8 Å². The van der Waals surface area contributed by atoms with Crippen LogP contribution in [0.15, 0.2) is 54.6 Å². The van der Waals surface area contributed by atoms with Crippen LogP contribution in [0.25, 0.3) is 0 Å². The van der Waals surface area contributed by atoms with Crippen molar-refractivity contribution in [3.05, 3.63) is 82.7 Å². The maximum Gasteiger partial charge on any atom is 0.460 e. The number of benzene rings is 3. The fourth-order valence-electron chi connectivity index (χ4n) is 3.51. The number of rotatable bonds is 10. The minimum atomic E-state index is -6.65. The molecule has 230 valence electrons. The molecule has 14 heteroatoms. The van der Waals surface area contributed by atoms with E-state index >= 15 is 4.39 Å². The van der Waals surface area contributed by atoms with Crippen molar-refractivity contribution in [2.75, 3.05) is 19.5 Å². The van der Waals surface area contributed by atoms with Gasteiger partial charge in [0.1, 0.15) is 23.8 Å². The summed E-state index contributed by atoms with van der Waals surface area (Å²) in [4.78, 5) is 17.9. The number of nitrogens with one attached hydrogen (secondary N) is 1. The summed E-state index contributed by atoms with van der Waals surface area (Å²) in [7, 11) is 2.76. The molecule has 0 aromatic heterocycles. The van der Waals surface area contributed by atoms with Crippen LogP contribution in [0.2, 0.25) is 0 Å². The van der Waals surface area contributed by atoms with Crippen LogP contribution in [-0.2, 0) is 17.4 Å². The topological polar surface area (TPSA) is 73.4 Å². The lowest BCUT2D eigenvalue weighted by Gasteiger charge is -2.29. The third-order valence-corrected chi connectivity index (χ3v) is 5.72. The van der Waals surface area contributed by atoms with Gasteiger partial charge in [0, 0.05) is 23.3 Å². The first kappa shape index (κ1) is 34.3. The maximum absolute atomic E-state index is 15.1. The second-order valence-corrected chi connectivity index (χ2v) is 8.50. The first-order valence-corrected chi connectivity index (χ1v) is 12.3. The molecule has 6 nitrogen and oxygen atoms in total. The molecular formula is C28H29F8N2O4+. The zero-order valence-corrected chi connectivity index (χ0v) is 23.1. The number of alkyl halides is 7. The Hall–Kier alpha value is -3.91. The predicted octanol–water partition coefficient (Wildman–Crippen LogP) is 7.05. The smallest absolute Gasteiger partial charge is 0.460 e. The minimum Gasteiger partial charge on any atom is -0.497 e. The molecule has 0 bridgehead atoms. The molecule has 0 aliphatic carbocycles. The van der Waals surface area contributed by atoms with E-state index < -0.39 is 53.4 Å². The lowest BCUT2D eigenvalue weighted by Crippen LogP contribution is -2.76. The third-order valence-electron chi connectivity index (χ3n) is 5.72. The number of carbonyl (C=O) groups excluding carboxylic acids is 1. The second kappa shape index (κ2) is 13.8. The molecule has 3 aromatic rings. The highest BCUT2D eigenvalue weighted by Gasteiger charge is 2.73. The molecule has 3 rings (SSSR count). The molecular weight excluding hydrogens is 580 g/mol. The molecule has 0 heterocycles. The van der Waals surface area contributed by atoms with E-state index in [4.69, 9.17) is 14.3 Å². The Kier molecular flexibility index (Phi) is 11.3. The molecule has 0 aliphatic rings. The van der Waals surface area contributed by atoms with Gasteiger partial charge in [0.2, 0.25) is 0 Å². The number of amides is 1. The first-order valence-electron chi connectivity index (χ1n) is 12.3. The average Bonchev–Trinajstić information content (AvgIpc) is 2.94. The normalized spacial score (nSPS) is 11.8. The van der Waals surface area contributed by atoms with E-state index in [0.29, 0.717) is 22.6 Å². The van der Waals surface area contributed by atoms with Crippen molar-refractivity contribution >= 4 is 17.3 Å². The van der Waals surface area contributed by atoms with Crippen molar-refractivity contribution in [3.8, 4) is 11.5 Å². The number of quaternary nitrogens is 1. The molecule has 0 spiro atoms. The van der Waals surface area contributed by atoms with E-state index in [0.717, 1.165) is 0 Å². The van der Waals surface area contributed by atoms with Crippen LogP contribution in [0.4, 0.5) is 46.5 Å². The van der Waals surface area contributed by atoms with E-state index in [9.17, 15) is 35.5 Å². The van der Waals surface area contributed by atoms with Gasteiger partial charge in [0.05, 0.1) is 14.2 Å². The van der Waals surface area contributed by atoms with Gasteiger partial charge in [-0.05, 0) is 42.3 Å². The Morgan fingerprint density at radius 1 is 0.905 bits per heavy atom. The van der Waals surface area contributed by atoms with Gasteiger partial charge in [-0.15, -0.1) is 0 Å². The Morgan fingerprint density at radius 2 is 1.52 bits per heavy atom. The summed E-state index contributed by atoms with van der Waals surface area (Å²) in [5, 5.41) is 2.14. The number of carbonyl (C=O) groups is 1. The molecule has 0 atom stereocenters. The maximum atomic E-state index is 15.1. The Balaban J connectivity index is 0.00000301. The summed E-state index contributed by atoms with van der Waals surface area (Å²) < 4.78 is 120. The number of anilines is 1. The molecule has 42 heavy (non-hydrogen) atoms. The fourth-order valence-corrected chi connectivity index (χ4v) is 3.51. The van der Waals surface area contributed by atoms with Gasteiger partial charge in [-0.3, -0.25) is 4.79 Å². The monoisotopic (exact) mass is 609 g/mol. The van der Waals surface area contributed by atoms with E-state index in [1.54, 1.807) is 19.1 Å². The lowest BCUT2D eigenvalue weighted by atomic mass is 10.00. The highest BCUT2D eigenvalue weighted by molar-refractivity contribution is 6.06. The largest absolute Gasteiger partial charge is 0.497 e. The zero-order valence-electron chi connectivity index (χ0n) is 23.1. The second-order valence-electron chi connectivity index (χ2n) is 8.50. The molecule has 0 saturated carbocycles. The van der Waals surface area contributed by atoms with Gasteiger partial charge in [-0.2, -0.15) is 36.2 Å². The predicted molar refractivity (Wildman–Crippen MR) is 138 cm³/mol. The van der Waals surface area contributed by atoms with Crippen LogP contribution >= 0.6 is 0 Å². The van der Waals surface area contributed by atoms with Gasteiger partial charge in [0.25, 0.3) is 5.91 Å². The Bertz CT molecular complexity index is 1360. The molecule has 3 N–H and O–H groups in total. The Labute approximate surface area is 236 Å². The van der Waals surface area contributed by atoms with Crippen LogP contribution in [-0.4, -0.2) is 32.2 Å². The summed E-state index contributed by atoms with van der Waals surface area (Å²) in [6.07, 6.45) is -6.65. The van der Waals surface area contributed by atoms with Crippen molar-refractivity contribution < 1.29 is 59.7 Å². The summed E-state index contributed by atoms with van der Waals surface area (Å²) >= 11 is 0. The number of hydrogen-bond acceptors (Lipinski definition) is 4. The quantitative estimate of drug-likeness (QED) is 0.147. The molecule has 0 aliphatic heterocycles.